The lowest BCUT2D eigenvalue weighted by Gasteiger charge is -2.08. The Morgan fingerprint density at radius 1 is 1.47 bits per heavy atom. The number of hydrogen-bond acceptors (Lipinski definition) is 3. The molecule has 0 unspecified atom stereocenters. The molecule has 0 saturated carbocycles. The fraction of sp³-hybridized carbons (Fsp3) is 0.273. The summed E-state index contributed by atoms with van der Waals surface area (Å²) >= 11 is 5.88. The Balaban J connectivity index is 3.60. The molecule has 0 N–H and O–H groups in total. The van der Waals surface area contributed by atoms with Crippen molar-refractivity contribution in [2.45, 2.75) is 18.2 Å². The molecule has 0 atom stereocenters. The highest BCUT2D eigenvalue weighted by Gasteiger charge is 2.18. The molecule has 0 aliphatic heterocycles. The molecule has 4 nitrogen and oxygen atoms in total. The van der Waals surface area contributed by atoms with E-state index >= 15 is 0 Å². The van der Waals surface area contributed by atoms with Crippen LogP contribution in [0.5, 0.6) is 0 Å². The summed E-state index contributed by atoms with van der Waals surface area (Å²) in [5.74, 6) is -0.552. The molecular formula is C11H12ClNO3S. The lowest BCUT2D eigenvalue weighted by atomic mass is 10.0. The number of sulfone groups is 1. The predicted molar refractivity (Wildman–Crippen MR) is 67.8 cm³/mol. The van der Waals surface area contributed by atoms with Crippen LogP contribution in [0.15, 0.2) is 22.0 Å². The van der Waals surface area contributed by atoms with Crippen molar-refractivity contribution in [3.05, 3.63) is 28.3 Å². The van der Waals surface area contributed by atoms with Gasteiger partial charge in [0.1, 0.15) is 0 Å². The van der Waals surface area contributed by atoms with E-state index in [0.29, 0.717) is 12.0 Å². The third-order valence-corrected chi connectivity index (χ3v) is 3.87. The van der Waals surface area contributed by atoms with Crippen LogP contribution in [0.3, 0.4) is 0 Å². The number of aryl methyl sites for hydroxylation is 1. The first-order chi connectivity index (χ1) is 7.81. The van der Waals surface area contributed by atoms with Gasteiger partial charge in [-0.05, 0) is 30.8 Å². The Morgan fingerprint density at radius 3 is 2.47 bits per heavy atom. The van der Waals surface area contributed by atoms with Crippen molar-refractivity contribution >= 4 is 34.1 Å². The zero-order valence-electron chi connectivity index (χ0n) is 9.53. The van der Waals surface area contributed by atoms with Crippen LogP contribution in [-0.4, -0.2) is 27.3 Å². The van der Waals surface area contributed by atoms with Crippen molar-refractivity contribution in [2.24, 2.45) is 4.99 Å². The van der Waals surface area contributed by atoms with Gasteiger partial charge in [-0.3, -0.25) is 4.79 Å². The number of nitrogens with zero attached hydrogens (tertiary/aromatic N) is 1. The monoisotopic (exact) mass is 273 g/mol. The standard InChI is InChI=1S/C11H12ClNO3S/c1-4-7-5-9(12)10(17(3,15)16)6-8(7)11(14)13-2/h5-6H,2,4H2,1,3H3. The Hall–Kier alpha value is -1.20. The molecule has 17 heavy (non-hydrogen) atoms. The van der Waals surface area contributed by atoms with Crippen LogP contribution in [0, 0.1) is 0 Å². The number of rotatable bonds is 3. The number of carbonyl (C=O) groups is 1. The van der Waals surface area contributed by atoms with Gasteiger partial charge in [-0.2, -0.15) is 0 Å². The molecule has 0 aliphatic carbocycles. The number of aliphatic imine (C=N–C) groups is 1. The summed E-state index contributed by atoms with van der Waals surface area (Å²) in [6.45, 7) is 4.98. The van der Waals surface area contributed by atoms with E-state index in [1.165, 1.54) is 12.1 Å². The molecule has 0 saturated heterocycles. The zero-order chi connectivity index (χ0) is 13.2. The maximum atomic E-state index is 11.5. The third-order valence-electron chi connectivity index (χ3n) is 2.31. The van der Waals surface area contributed by atoms with Gasteiger partial charge in [-0.1, -0.05) is 18.5 Å². The Bertz CT molecular complexity index is 579. The van der Waals surface area contributed by atoms with Gasteiger partial charge in [0.2, 0.25) is 0 Å². The minimum absolute atomic E-state index is 0.0663. The van der Waals surface area contributed by atoms with Crippen LogP contribution in [0.1, 0.15) is 22.8 Å². The molecule has 1 amide bonds. The number of halogens is 1. The van der Waals surface area contributed by atoms with Crippen LogP contribution in [0.2, 0.25) is 5.02 Å². The number of benzene rings is 1. The molecule has 92 valence electrons. The first-order valence-corrected chi connectivity index (χ1v) is 7.11. The van der Waals surface area contributed by atoms with Gasteiger partial charge in [0.05, 0.1) is 9.92 Å². The normalized spacial score (nSPS) is 11.2. The second kappa shape index (κ2) is 4.98. The molecule has 0 aromatic heterocycles. The van der Waals surface area contributed by atoms with Gasteiger partial charge in [-0.15, -0.1) is 0 Å². The van der Waals surface area contributed by atoms with Crippen LogP contribution in [-0.2, 0) is 16.3 Å². The highest BCUT2D eigenvalue weighted by atomic mass is 35.5. The molecule has 0 radical (unpaired) electrons. The number of carbonyl (C=O) groups excluding carboxylic acids is 1. The summed E-state index contributed by atoms with van der Waals surface area (Å²) < 4.78 is 22.9. The van der Waals surface area contributed by atoms with E-state index in [9.17, 15) is 13.2 Å². The minimum Gasteiger partial charge on any atom is -0.267 e. The molecule has 0 bridgehead atoms. The molecule has 6 heteroatoms. The molecule has 0 fully saturated rings. The van der Waals surface area contributed by atoms with E-state index in [2.05, 4.69) is 11.7 Å². The van der Waals surface area contributed by atoms with Crippen LogP contribution >= 0.6 is 11.6 Å². The van der Waals surface area contributed by atoms with Crippen molar-refractivity contribution in [1.82, 2.24) is 0 Å². The van der Waals surface area contributed by atoms with E-state index in [1.807, 2.05) is 6.92 Å². The van der Waals surface area contributed by atoms with Crippen LogP contribution in [0.25, 0.3) is 0 Å². The lowest BCUT2D eigenvalue weighted by Crippen LogP contribution is -2.05. The van der Waals surface area contributed by atoms with Gasteiger partial charge in [-0.25, -0.2) is 13.4 Å². The molecular weight excluding hydrogens is 262 g/mol. The summed E-state index contributed by atoms with van der Waals surface area (Å²) in [6.07, 6.45) is 1.59. The Morgan fingerprint density at radius 2 is 2.06 bits per heavy atom. The van der Waals surface area contributed by atoms with E-state index in [4.69, 9.17) is 11.6 Å². The summed E-state index contributed by atoms with van der Waals surface area (Å²) in [6, 6.07) is 2.74. The van der Waals surface area contributed by atoms with Crippen molar-refractivity contribution in [1.29, 1.82) is 0 Å². The average Bonchev–Trinajstić information content (AvgIpc) is 2.25. The topological polar surface area (TPSA) is 63.6 Å². The number of hydrogen-bond donors (Lipinski definition) is 0. The number of amides is 1. The molecule has 0 aliphatic rings. The van der Waals surface area contributed by atoms with Gasteiger partial charge < -0.3 is 0 Å². The van der Waals surface area contributed by atoms with Crippen LogP contribution in [0.4, 0.5) is 0 Å². The van der Waals surface area contributed by atoms with Crippen molar-refractivity contribution < 1.29 is 13.2 Å². The van der Waals surface area contributed by atoms with Gasteiger partial charge >= 0.3 is 0 Å². The Kier molecular flexibility index (Phi) is 4.06. The first kappa shape index (κ1) is 13.9. The van der Waals surface area contributed by atoms with Gasteiger partial charge in [0.25, 0.3) is 5.91 Å². The third kappa shape index (κ3) is 2.92. The lowest BCUT2D eigenvalue weighted by molar-refractivity contribution is 0.100. The SMILES string of the molecule is C=NC(=O)c1cc(S(C)(=O)=O)c(Cl)cc1CC. The maximum absolute atomic E-state index is 11.5. The van der Waals surface area contributed by atoms with Crippen molar-refractivity contribution in [2.75, 3.05) is 6.26 Å². The van der Waals surface area contributed by atoms with Gasteiger partial charge in [0.15, 0.2) is 9.84 Å². The largest absolute Gasteiger partial charge is 0.276 e. The van der Waals surface area contributed by atoms with Crippen molar-refractivity contribution in [3.63, 3.8) is 0 Å². The summed E-state index contributed by atoms with van der Waals surface area (Å²) in [5.41, 5.74) is 0.882. The molecule has 1 rings (SSSR count). The molecule has 1 aromatic carbocycles. The predicted octanol–water partition coefficient (Wildman–Crippen LogP) is 2.15. The van der Waals surface area contributed by atoms with Crippen molar-refractivity contribution in [3.8, 4) is 0 Å². The van der Waals surface area contributed by atoms with E-state index in [0.717, 1.165) is 6.26 Å². The van der Waals surface area contributed by atoms with E-state index in [1.54, 1.807) is 0 Å². The molecule has 0 heterocycles. The molecule has 0 spiro atoms. The zero-order valence-corrected chi connectivity index (χ0v) is 11.1. The highest BCUT2D eigenvalue weighted by molar-refractivity contribution is 7.90. The average molecular weight is 274 g/mol. The van der Waals surface area contributed by atoms with E-state index in [-0.39, 0.29) is 15.5 Å². The van der Waals surface area contributed by atoms with E-state index < -0.39 is 15.7 Å². The minimum atomic E-state index is -3.47. The quantitative estimate of drug-likeness (QED) is 0.793. The second-order valence-corrected chi connectivity index (χ2v) is 5.92. The fourth-order valence-corrected chi connectivity index (χ4v) is 2.81. The highest BCUT2D eigenvalue weighted by Crippen LogP contribution is 2.26. The second-order valence-electron chi connectivity index (χ2n) is 3.53. The summed E-state index contributed by atoms with van der Waals surface area (Å²) in [7, 11) is -3.47. The first-order valence-electron chi connectivity index (χ1n) is 4.84. The summed E-state index contributed by atoms with van der Waals surface area (Å²) in [4.78, 5) is 14.7. The Labute approximate surface area is 105 Å². The maximum Gasteiger partial charge on any atom is 0.276 e. The smallest absolute Gasteiger partial charge is 0.267 e. The summed E-state index contributed by atoms with van der Waals surface area (Å²) in [5, 5.41) is 0.116. The molecule has 1 aromatic rings. The van der Waals surface area contributed by atoms with Crippen LogP contribution < -0.4 is 0 Å². The van der Waals surface area contributed by atoms with Gasteiger partial charge in [0, 0.05) is 11.8 Å². The fourth-order valence-electron chi connectivity index (χ4n) is 1.46.